The summed E-state index contributed by atoms with van der Waals surface area (Å²) in [6, 6.07) is 10.8. The Morgan fingerprint density at radius 1 is 0.486 bits per heavy atom. The lowest BCUT2D eigenvalue weighted by molar-refractivity contribution is 0.407. The lowest BCUT2D eigenvalue weighted by Gasteiger charge is -2.19. The van der Waals surface area contributed by atoms with Crippen LogP contribution >= 0.6 is 0 Å². The molecule has 35 heavy (non-hydrogen) atoms. The Hall–Kier alpha value is -4.07. The van der Waals surface area contributed by atoms with Gasteiger partial charge in [0.25, 0.3) is 0 Å². The number of halogens is 7. The maximum Gasteiger partial charge on any atom is 0.169 e. The van der Waals surface area contributed by atoms with Crippen molar-refractivity contribution in [3.8, 4) is 28.0 Å². The Kier molecular flexibility index (Phi) is 5.39. The first-order valence-corrected chi connectivity index (χ1v) is 10.2. The third-order valence-corrected chi connectivity index (χ3v) is 5.85. The van der Waals surface area contributed by atoms with E-state index in [1.54, 1.807) is 0 Å². The van der Waals surface area contributed by atoms with Gasteiger partial charge in [-0.15, -0.1) is 0 Å². The van der Waals surface area contributed by atoms with Crippen LogP contribution < -0.4 is 4.74 Å². The molecular weight excluding hydrogens is 473 g/mol. The molecule has 0 unspecified atom stereocenters. The van der Waals surface area contributed by atoms with Crippen LogP contribution in [0.15, 0.2) is 60.7 Å². The Balaban J connectivity index is 2.05. The number of rotatable bonds is 3. The highest BCUT2D eigenvalue weighted by Gasteiger charge is 2.27. The summed E-state index contributed by atoms with van der Waals surface area (Å²) >= 11 is 0. The largest absolute Gasteiger partial charge is 0.497 e. The second kappa shape index (κ2) is 8.30. The van der Waals surface area contributed by atoms with Crippen molar-refractivity contribution in [2.24, 2.45) is 0 Å². The number of methoxy groups -OCH3 is 1. The van der Waals surface area contributed by atoms with E-state index in [0.717, 1.165) is 30.3 Å². The van der Waals surface area contributed by atoms with Gasteiger partial charge in [0.2, 0.25) is 0 Å². The van der Waals surface area contributed by atoms with Crippen molar-refractivity contribution in [1.29, 1.82) is 0 Å². The maximum absolute atomic E-state index is 15.2. The molecule has 5 aromatic carbocycles. The summed E-state index contributed by atoms with van der Waals surface area (Å²) in [6.07, 6.45) is 0. The van der Waals surface area contributed by atoms with Crippen molar-refractivity contribution < 1.29 is 35.5 Å². The van der Waals surface area contributed by atoms with Crippen molar-refractivity contribution in [3.05, 3.63) is 101 Å². The van der Waals surface area contributed by atoms with Crippen LogP contribution in [0.1, 0.15) is 0 Å². The number of hydrogen-bond acceptors (Lipinski definition) is 1. The highest BCUT2D eigenvalue weighted by atomic mass is 19.2. The maximum atomic E-state index is 15.2. The predicted octanol–water partition coefficient (Wildman–Crippen LogP) is 8.31. The standard InChI is InChI=1S/C27H13F7O/c1-35-13-9-18(29)24(19(30)10-13)23-15-5-3-2-4-14(15)22(16-7-6-12(28)8-17(16)23)25-26(33)20(31)11-21(32)27(25)34/h2-11H,1H3. The van der Waals surface area contributed by atoms with E-state index in [1.807, 2.05) is 0 Å². The molecule has 5 aromatic rings. The second-order valence-corrected chi connectivity index (χ2v) is 7.79. The normalized spacial score (nSPS) is 11.4. The lowest BCUT2D eigenvalue weighted by atomic mass is 9.85. The molecule has 5 rings (SSSR count). The van der Waals surface area contributed by atoms with Gasteiger partial charge in [0.05, 0.1) is 18.2 Å². The summed E-state index contributed by atoms with van der Waals surface area (Å²) in [5.74, 6) is -9.54. The minimum absolute atomic E-state index is 0.0408. The summed E-state index contributed by atoms with van der Waals surface area (Å²) in [6.45, 7) is 0. The van der Waals surface area contributed by atoms with Crippen molar-refractivity contribution in [2.45, 2.75) is 0 Å². The van der Waals surface area contributed by atoms with Crippen LogP contribution in [0.4, 0.5) is 30.7 Å². The van der Waals surface area contributed by atoms with Gasteiger partial charge in [-0.05, 0) is 33.7 Å². The average molecular weight is 486 g/mol. The topological polar surface area (TPSA) is 9.23 Å². The smallest absolute Gasteiger partial charge is 0.169 e. The van der Waals surface area contributed by atoms with Crippen LogP contribution in [0, 0.1) is 40.7 Å². The zero-order valence-corrected chi connectivity index (χ0v) is 17.8. The number of hydrogen-bond donors (Lipinski definition) is 0. The molecule has 0 aromatic heterocycles. The minimum atomic E-state index is -1.66. The van der Waals surface area contributed by atoms with Gasteiger partial charge in [-0.1, -0.05) is 30.3 Å². The van der Waals surface area contributed by atoms with E-state index < -0.39 is 51.8 Å². The van der Waals surface area contributed by atoms with E-state index >= 15 is 8.78 Å². The molecule has 0 N–H and O–H groups in total. The van der Waals surface area contributed by atoms with Crippen LogP contribution in [0.25, 0.3) is 43.8 Å². The molecule has 0 heterocycles. The van der Waals surface area contributed by atoms with E-state index in [4.69, 9.17) is 4.74 Å². The molecule has 0 aliphatic heterocycles. The monoisotopic (exact) mass is 486 g/mol. The lowest BCUT2D eigenvalue weighted by Crippen LogP contribution is -2.02. The summed E-state index contributed by atoms with van der Waals surface area (Å²) in [7, 11) is 1.23. The highest BCUT2D eigenvalue weighted by molar-refractivity contribution is 6.21. The minimum Gasteiger partial charge on any atom is -0.497 e. The van der Waals surface area contributed by atoms with Crippen LogP contribution in [-0.4, -0.2) is 7.11 Å². The average Bonchev–Trinajstić information content (AvgIpc) is 2.83. The predicted molar refractivity (Wildman–Crippen MR) is 119 cm³/mol. The van der Waals surface area contributed by atoms with E-state index in [9.17, 15) is 22.0 Å². The molecule has 1 nitrogen and oxygen atoms in total. The van der Waals surface area contributed by atoms with Crippen molar-refractivity contribution in [2.75, 3.05) is 7.11 Å². The Morgan fingerprint density at radius 2 is 1.00 bits per heavy atom. The summed E-state index contributed by atoms with van der Waals surface area (Å²) in [4.78, 5) is 0. The van der Waals surface area contributed by atoms with Gasteiger partial charge in [-0.25, -0.2) is 30.7 Å². The Bertz CT molecular complexity index is 1610. The molecule has 0 radical (unpaired) electrons. The molecule has 0 aliphatic carbocycles. The molecule has 0 saturated heterocycles. The molecule has 8 heteroatoms. The molecule has 0 fully saturated rings. The van der Waals surface area contributed by atoms with E-state index in [2.05, 4.69) is 0 Å². The van der Waals surface area contributed by atoms with Crippen LogP contribution in [-0.2, 0) is 0 Å². The van der Waals surface area contributed by atoms with Gasteiger partial charge in [-0.3, -0.25) is 0 Å². The molecular formula is C27H13F7O. The van der Waals surface area contributed by atoms with Gasteiger partial charge >= 0.3 is 0 Å². The molecule has 0 saturated carbocycles. The zero-order valence-electron chi connectivity index (χ0n) is 17.8. The van der Waals surface area contributed by atoms with Gasteiger partial charge in [-0.2, -0.15) is 0 Å². The first-order valence-electron chi connectivity index (χ1n) is 10.2. The van der Waals surface area contributed by atoms with Gasteiger partial charge in [0.15, 0.2) is 23.3 Å². The molecule has 0 atom stereocenters. The fraction of sp³-hybridized carbons (Fsp3) is 0.0370. The van der Waals surface area contributed by atoms with Gasteiger partial charge < -0.3 is 4.74 Å². The van der Waals surface area contributed by atoms with Crippen molar-refractivity contribution in [3.63, 3.8) is 0 Å². The zero-order chi connectivity index (χ0) is 25.0. The van der Waals surface area contributed by atoms with Crippen LogP contribution in [0.2, 0.25) is 0 Å². The first-order chi connectivity index (χ1) is 16.7. The third kappa shape index (κ3) is 3.48. The SMILES string of the molecule is COc1cc(F)c(-c2c3ccccc3c(-c3c(F)c(F)cc(F)c3F)c3ccc(F)cc23)c(F)c1. The molecule has 176 valence electrons. The van der Waals surface area contributed by atoms with Crippen molar-refractivity contribution >= 4 is 21.5 Å². The van der Waals surface area contributed by atoms with Gasteiger partial charge in [0, 0.05) is 29.3 Å². The third-order valence-electron chi connectivity index (χ3n) is 5.85. The highest BCUT2D eigenvalue weighted by Crippen LogP contribution is 2.47. The van der Waals surface area contributed by atoms with Crippen LogP contribution in [0.3, 0.4) is 0 Å². The number of ether oxygens (including phenoxy) is 1. The van der Waals surface area contributed by atoms with E-state index in [-0.39, 0.29) is 44.5 Å². The van der Waals surface area contributed by atoms with Crippen molar-refractivity contribution in [1.82, 2.24) is 0 Å². The summed E-state index contributed by atoms with van der Waals surface area (Å²) < 4.78 is 108. The quantitative estimate of drug-likeness (QED) is 0.142. The first kappa shape index (κ1) is 22.7. The Labute approximate surface area is 194 Å². The molecule has 0 aliphatic rings. The number of benzene rings is 5. The molecule has 0 bridgehead atoms. The fourth-order valence-corrected chi connectivity index (χ4v) is 4.39. The summed E-state index contributed by atoms with van der Waals surface area (Å²) in [5.41, 5.74) is -1.94. The summed E-state index contributed by atoms with van der Waals surface area (Å²) in [5, 5.41) is -0.0753. The number of fused-ring (bicyclic) bond motifs is 2. The molecule has 0 amide bonds. The van der Waals surface area contributed by atoms with Crippen LogP contribution in [0.5, 0.6) is 5.75 Å². The Morgan fingerprint density at radius 3 is 1.54 bits per heavy atom. The molecule has 0 spiro atoms. The second-order valence-electron chi connectivity index (χ2n) is 7.79. The van der Waals surface area contributed by atoms with E-state index in [1.165, 1.54) is 31.4 Å². The van der Waals surface area contributed by atoms with Gasteiger partial charge in [0.1, 0.15) is 23.2 Å². The fourth-order valence-electron chi connectivity index (χ4n) is 4.39. The van der Waals surface area contributed by atoms with E-state index in [0.29, 0.717) is 0 Å².